The highest BCUT2D eigenvalue weighted by Crippen LogP contribution is 2.23. The van der Waals surface area contributed by atoms with Gasteiger partial charge in [-0.2, -0.15) is 0 Å². The van der Waals surface area contributed by atoms with E-state index in [4.69, 9.17) is 0 Å². The third-order valence-electron chi connectivity index (χ3n) is 4.53. The van der Waals surface area contributed by atoms with E-state index in [1.165, 1.54) is 12.1 Å². The summed E-state index contributed by atoms with van der Waals surface area (Å²) in [7, 11) is 0. The molecule has 2 aromatic rings. The number of carbonyl (C=O) groups excluding carboxylic acids is 1. The van der Waals surface area contributed by atoms with Gasteiger partial charge in [0.05, 0.1) is 0 Å². The third kappa shape index (κ3) is 3.96. The highest BCUT2D eigenvalue weighted by molar-refractivity contribution is 5.92. The molecule has 1 aromatic heterocycles. The largest absolute Gasteiger partial charge is 0.337 e. The maximum atomic E-state index is 13.7. The molecule has 1 saturated heterocycles. The second-order valence-corrected chi connectivity index (χ2v) is 6.25. The Kier molecular flexibility index (Phi) is 5.18. The molecule has 0 unspecified atom stereocenters. The molecular formula is C19H20F2N2O. The molecule has 0 spiro atoms. The van der Waals surface area contributed by atoms with Gasteiger partial charge in [0, 0.05) is 25.4 Å². The number of pyridine rings is 1. The molecule has 5 heteroatoms. The summed E-state index contributed by atoms with van der Waals surface area (Å²) in [6.07, 6.45) is 4.92. The van der Waals surface area contributed by atoms with Gasteiger partial charge in [-0.25, -0.2) is 8.78 Å². The Bertz CT molecular complexity index is 706. The molecule has 0 N–H and O–H groups in total. The van der Waals surface area contributed by atoms with Crippen molar-refractivity contribution in [2.75, 3.05) is 13.1 Å². The summed E-state index contributed by atoms with van der Waals surface area (Å²) < 4.78 is 26.7. The van der Waals surface area contributed by atoms with Crippen LogP contribution in [0.25, 0.3) is 0 Å². The van der Waals surface area contributed by atoms with E-state index < -0.39 is 11.6 Å². The van der Waals surface area contributed by atoms with Crippen LogP contribution in [-0.2, 0) is 6.42 Å². The molecule has 1 amide bonds. The minimum absolute atomic E-state index is 0.0479. The lowest BCUT2D eigenvalue weighted by atomic mass is 9.91. The number of likely N-dealkylation sites (tertiary alicyclic amines) is 1. The van der Waals surface area contributed by atoms with Crippen LogP contribution in [0.1, 0.15) is 35.3 Å². The van der Waals surface area contributed by atoms with Crippen LogP contribution in [0.5, 0.6) is 0 Å². The molecule has 24 heavy (non-hydrogen) atoms. The lowest BCUT2D eigenvalue weighted by Gasteiger charge is -2.32. The zero-order valence-corrected chi connectivity index (χ0v) is 13.4. The molecule has 1 fully saturated rings. The normalized spacial score (nSPS) is 17.8. The van der Waals surface area contributed by atoms with Crippen LogP contribution in [0.3, 0.4) is 0 Å². The Balaban J connectivity index is 1.58. The predicted octanol–water partition coefficient (Wildman–Crippen LogP) is 3.84. The molecule has 1 aliphatic heterocycles. The Hall–Kier alpha value is -2.30. The van der Waals surface area contributed by atoms with E-state index in [0.717, 1.165) is 31.9 Å². The lowest BCUT2D eigenvalue weighted by Crippen LogP contribution is -2.40. The number of piperidine rings is 1. The van der Waals surface area contributed by atoms with Crippen molar-refractivity contribution in [3.05, 3.63) is 65.5 Å². The first-order valence-corrected chi connectivity index (χ1v) is 8.27. The van der Waals surface area contributed by atoms with Gasteiger partial charge < -0.3 is 4.90 Å². The van der Waals surface area contributed by atoms with Crippen molar-refractivity contribution < 1.29 is 13.6 Å². The molecule has 0 saturated carbocycles. The molecule has 3 rings (SSSR count). The van der Waals surface area contributed by atoms with Crippen LogP contribution in [0, 0.1) is 17.6 Å². The summed E-state index contributed by atoms with van der Waals surface area (Å²) in [5.74, 6) is -0.766. The molecule has 0 aliphatic carbocycles. The fourth-order valence-electron chi connectivity index (χ4n) is 3.22. The van der Waals surface area contributed by atoms with Gasteiger partial charge in [0.25, 0.3) is 5.91 Å². The minimum atomic E-state index is -0.555. The molecule has 3 nitrogen and oxygen atoms in total. The molecule has 1 aliphatic rings. The molecular weight excluding hydrogens is 310 g/mol. The fourth-order valence-corrected chi connectivity index (χ4v) is 3.22. The van der Waals surface area contributed by atoms with E-state index in [1.807, 2.05) is 4.90 Å². The average molecular weight is 330 g/mol. The number of rotatable bonds is 4. The van der Waals surface area contributed by atoms with Gasteiger partial charge in [-0.15, -0.1) is 0 Å². The number of aryl methyl sites for hydroxylation is 1. The maximum Gasteiger partial charge on any atom is 0.272 e. The Morgan fingerprint density at radius 2 is 2.12 bits per heavy atom. The van der Waals surface area contributed by atoms with Gasteiger partial charge in [0.1, 0.15) is 17.3 Å². The number of benzene rings is 1. The molecule has 1 atom stereocenters. The fraction of sp³-hybridized carbons (Fsp3) is 0.368. The molecule has 126 valence electrons. The first-order chi connectivity index (χ1) is 11.6. The van der Waals surface area contributed by atoms with Crippen molar-refractivity contribution in [1.82, 2.24) is 9.88 Å². The van der Waals surface area contributed by atoms with Crippen LogP contribution >= 0.6 is 0 Å². The maximum absolute atomic E-state index is 13.7. The van der Waals surface area contributed by atoms with Crippen molar-refractivity contribution in [1.29, 1.82) is 0 Å². The summed E-state index contributed by atoms with van der Waals surface area (Å²) in [4.78, 5) is 18.4. The van der Waals surface area contributed by atoms with Crippen LogP contribution in [-0.4, -0.2) is 28.9 Å². The van der Waals surface area contributed by atoms with Crippen molar-refractivity contribution in [2.24, 2.45) is 5.92 Å². The second kappa shape index (κ2) is 7.51. The number of hydrogen-bond donors (Lipinski definition) is 0. The number of nitrogens with zero attached hydrogens (tertiary/aromatic N) is 2. The molecule has 1 aromatic carbocycles. The topological polar surface area (TPSA) is 33.2 Å². The van der Waals surface area contributed by atoms with E-state index in [9.17, 15) is 13.6 Å². The van der Waals surface area contributed by atoms with E-state index >= 15 is 0 Å². The molecule has 0 bridgehead atoms. The number of halogens is 2. The SMILES string of the molecule is O=C(c1ccccn1)N1CCC[C@@H](CCc2ccc(F)cc2F)C1. The van der Waals surface area contributed by atoms with E-state index in [1.54, 1.807) is 24.4 Å². The zero-order valence-electron chi connectivity index (χ0n) is 13.4. The Labute approximate surface area is 140 Å². The predicted molar refractivity (Wildman–Crippen MR) is 87.5 cm³/mol. The van der Waals surface area contributed by atoms with Gasteiger partial charge in [0.2, 0.25) is 0 Å². The van der Waals surface area contributed by atoms with Crippen molar-refractivity contribution in [3.63, 3.8) is 0 Å². The Morgan fingerprint density at radius 1 is 1.25 bits per heavy atom. The van der Waals surface area contributed by atoms with Crippen LogP contribution in [0.4, 0.5) is 8.78 Å². The second-order valence-electron chi connectivity index (χ2n) is 6.25. The zero-order chi connectivity index (χ0) is 16.9. The van der Waals surface area contributed by atoms with E-state index in [2.05, 4.69) is 4.98 Å². The van der Waals surface area contributed by atoms with Gasteiger partial charge in [0.15, 0.2) is 0 Å². The number of carbonyl (C=O) groups is 1. The highest BCUT2D eigenvalue weighted by Gasteiger charge is 2.25. The lowest BCUT2D eigenvalue weighted by molar-refractivity contribution is 0.0662. The quantitative estimate of drug-likeness (QED) is 0.853. The summed E-state index contributed by atoms with van der Waals surface area (Å²) in [5, 5.41) is 0. The van der Waals surface area contributed by atoms with Crippen molar-refractivity contribution in [3.8, 4) is 0 Å². The standard InChI is InChI=1S/C19H20F2N2O/c20-16-9-8-15(17(21)12-16)7-6-14-4-3-11-23(13-14)19(24)18-5-1-2-10-22-18/h1-2,5,8-10,12,14H,3-4,6-7,11,13H2/t14-/m0/s1. The third-order valence-corrected chi connectivity index (χ3v) is 4.53. The van der Waals surface area contributed by atoms with Crippen molar-refractivity contribution in [2.45, 2.75) is 25.7 Å². The average Bonchev–Trinajstić information content (AvgIpc) is 2.61. The highest BCUT2D eigenvalue weighted by atomic mass is 19.1. The smallest absolute Gasteiger partial charge is 0.272 e. The summed E-state index contributed by atoms with van der Waals surface area (Å²) in [6, 6.07) is 9.03. The van der Waals surface area contributed by atoms with Crippen LogP contribution in [0.15, 0.2) is 42.6 Å². The summed E-state index contributed by atoms with van der Waals surface area (Å²) in [6.45, 7) is 1.40. The first-order valence-electron chi connectivity index (χ1n) is 8.27. The minimum Gasteiger partial charge on any atom is -0.337 e. The molecule has 0 radical (unpaired) electrons. The number of aromatic nitrogens is 1. The number of amides is 1. The first kappa shape index (κ1) is 16.6. The van der Waals surface area contributed by atoms with E-state index in [-0.39, 0.29) is 5.91 Å². The number of hydrogen-bond acceptors (Lipinski definition) is 2. The van der Waals surface area contributed by atoms with Gasteiger partial charge >= 0.3 is 0 Å². The Morgan fingerprint density at radius 3 is 2.88 bits per heavy atom. The molecule has 2 heterocycles. The van der Waals surface area contributed by atoms with Gasteiger partial charge in [-0.1, -0.05) is 12.1 Å². The van der Waals surface area contributed by atoms with Gasteiger partial charge in [-0.3, -0.25) is 9.78 Å². The monoisotopic (exact) mass is 330 g/mol. The van der Waals surface area contributed by atoms with Gasteiger partial charge in [-0.05, 0) is 55.4 Å². The van der Waals surface area contributed by atoms with Crippen LogP contribution < -0.4 is 0 Å². The van der Waals surface area contributed by atoms with E-state index in [0.29, 0.717) is 30.1 Å². The summed E-state index contributed by atoms with van der Waals surface area (Å²) in [5.41, 5.74) is 0.993. The van der Waals surface area contributed by atoms with Crippen LogP contribution in [0.2, 0.25) is 0 Å². The summed E-state index contributed by atoms with van der Waals surface area (Å²) >= 11 is 0. The van der Waals surface area contributed by atoms with Crippen molar-refractivity contribution >= 4 is 5.91 Å².